The van der Waals surface area contributed by atoms with E-state index in [2.05, 4.69) is 15.4 Å². The molecule has 0 spiro atoms. The lowest BCUT2D eigenvalue weighted by molar-refractivity contribution is -0.127. The average Bonchev–Trinajstić information content (AvgIpc) is 2.65. The maximum absolute atomic E-state index is 12.9. The molecule has 1 aliphatic rings. The Bertz CT molecular complexity index is 709. The Morgan fingerprint density at radius 1 is 1.04 bits per heavy atom. The summed E-state index contributed by atoms with van der Waals surface area (Å²) >= 11 is 0. The topological polar surface area (TPSA) is 44.7 Å². The highest BCUT2D eigenvalue weighted by atomic mass is 19.1. The number of halogens is 1. The van der Waals surface area contributed by atoms with Gasteiger partial charge < -0.3 is 0 Å². The molecule has 25 heavy (non-hydrogen) atoms. The van der Waals surface area contributed by atoms with Crippen LogP contribution in [0, 0.1) is 5.82 Å². The molecule has 1 fully saturated rings. The van der Waals surface area contributed by atoms with Crippen molar-refractivity contribution in [1.82, 2.24) is 10.3 Å². The van der Waals surface area contributed by atoms with E-state index < -0.39 is 0 Å². The summed E-state index contributed by atoms with van der Waals surface area (Å²) in [5, 5.41) is 4.04. The van der Waals surface area contributed by atoms with Crippen LogP contribution in [0.25, 0.3) is 0 Å². The van der Waals surface area contributed by atoms with Crippen molar-refractivity contribution < 1.29 is 9.18 Å². The number of benzene rings is 2. The van der Waals surface area contributed by atoms with Crippen LogP contribution in [-0.2, 0) is 4.79 Å². The van der Waals surface area contributed by atoms with Gasteiger partial charge >= 0.3 is 0 Å². The van der Waals surface area contributed by atoms with Crippen LogP contribution in [0.4, 0.5) is 4.39 Å². The molecule has 130 valence electrons. The summed E-state index contributed by atoms with van der Waals surface area (Å²) in [7, 11) is 0. The molecular weight excluding hydrogens is 317 g/mol. The number of rotatable bonds is 5. The van der Waals surface area contributed by atoms with E-state index in [-0.39, 0.29) is 17.8 Å². The number of nitrogens with one attached hydrogen (secondary N) is 1. The number of hydrogen-bond acceptors (Lipinski definition) is 3. The molecule has 2 aromatic rings. The fourth-order valence-electron chi connectivity index (χ4n) is 3.12. The van der Waals surface area contributed by atoms with Gasteiger partial charge in [-0.1, -0.05) is 48.9 Å². The van der Waals surface area contributed by atoms with Crippen molar-refractivity contribution in [3.05, 3.63) is 71.5 Å². The van der Waals surface area contributed by atoms with Gasteiger partial charge in [-0.15, -0.1) is 0 Å². The highest BCUT2D eigenvalue weighted by Crippen LogP contribution is 2.24. The third-order valence-electron chi connectivity index (χ3n) is 4.38. The third-order valence-corrected chi connectivity index (χ3v) is 4.38. The molecule has 1 unspecified atom stereocenters. The molecule has 4 nitrogen and oxygen atoms in total. The molecule has 3 rings (SSSR count). The zero-order valence-electron chi connectivity index (χ0n) is 14.1. The largest absolute Gasteiger partial charge is 0.288 e. The van der Waals surface area contributed by atoms with Gasteiger partial charge in [0.1, 0.15) is 11.9 Å². The Kier molecular flexibility index (Phi) is 5.90. The first-order valence-electron chi connectivity index (χ1n) is 8.61. The van der Waals surface area contributed by atoms with Gasteiger partial charge in [-0.05, 0) is 49.2 Å². The quantitative estimate of drug-likeness (QED) is 0.669. The van der Waals surface area contributed by atoms with E-state index in [1.807, 2.05) is 30.3 Å². The number of carbonyl (C=O) groups is 1. The van der Waals surface area contributed by atoms with Crippen LogP contribution in [0.3, 0.4) is 0 Å². The predicted octanol–water partition coefficient (Wildman–Crippen LogP) is 3.50. The van der Waals surface area contributed by atoms with Crippen molar-refractivity contribution >= 4 is 12.1 Å². The molecule has 0 radical (unpaired) electrons. The van der Waals surface area contributed by atoms with Gasteiger partial charge in [-0.3, -0.25) is 9.69 Å². The summed E-state index contributed by atoms with van der Waals surface area (Å²) in [5.74, 6) is -0.443. The first-order chi connectivity index (χ1) is 12.2. The minimum atomic E-state index is -0.341. The van der Waals surface area contributed by atoms with Gasteiger partial charge in [0.15, 0.2) is 0 Å². The van der Waals surface area contributed by atoms with Gasteiger partial charge in [0.2, 0.25) is 0 Å². The first-order valence-corrected chi connectivity index (χ1v) is 8.61. The molecule has 0 aliphatic carbocycles. The highest BCUT2D eigenvalue weighted by Gasteiger charge is 2.28. The van der Waals surface area contributed by atoms with E-state index >= 15 is 0 Å². The predicted molar refractivity (Wildman–Crippen MR) is 96.7 cm³/mol. The van der Waals surface area contributed by atoms with Gasteiger partial charge in [0.25, 0.3) is 5.91 Å². The second kappa shape index (κ2) is 8.53. The Balaban J connectivity index is 1.71. The smallest absolute Gasteiger partial charge is 0.262 e. The monoisotopic (exact) mass is 339 g/mol. The molecular formula is C20H22FN3O. The lowest BCUT2D eigenvalue weighted by Gasteiger charge is -2.33. The average molecular weight is 339 g/mol. The number of likely N-dealkylation sites (tertiary alicyclic amines) is 1. The number of carbonyl (C=O) groups excluding carboxylic acids is 1. The lowest BCUT2D eigenvalue weighted by atomic mass is 10.0. The Hall–Kier alpha value is -2.53. The van der Waals surface area contributed by atoms with E-state index in [9.17, 15) is 9.18 Å². The van der Waals surface area contributed by atoms with Crippen molar-refractivity contribution in [2.24, 2.45) is 5.10 Å². The summed E-state index contributed by atoms with van der Waals surface area (Å²) in [4.78, 5) is 15.0. The molecule has 1 atom stereocenters. The van der Waals surface area contributed by atoms with Crippen LogP contribution in [0.5, 0.6) is 0 Å². The minimum absolute atomic E-state index is 0.147. The lowest BCUT2D eigenvalue weighted by Crippen LogP contribution is -2.41. The second-order valence-electron chi connectivity index (χ2n) is 6.20. The fourth-order valence-corrected chi connectivity index (χ4v) is 3.12. The number of nitrogens with zero attached hydrogens (tertiary/aromatic N) is 2. The maximum Gasteiger partial charge on any atom is 0.262 e. The number of piperidine rings is 1. The van der Waals surface area contributed by atoms with Gasteiger partial charge in [-0.2, -0.15) is 5.10 Å². The summed E-state index contributed by atoms with van der Waals surface area (Å²) in [6.07, 6.45) is 4.95. The van der Waals surface area contributed by atoms with Gasteiger partial charge in [-0.25, -0.2) is 9.82 Å². The summed E-state index contributed by atoms with van der Waals surface area (Å²) in [5.41, 5.74) is 4.34. The zero-order valence-corrected chi connectivity index (χ0v) is 14.1. The summed E-state index contributed by atoms with van der Waals surface area (Å²) in [6, 6.07) is 15.4. The number of hydrogen-bond donors (Lipinski definition) is 1. The van der Waals surface area contributed by atoms with Crippen LogP contribution in [-0.4, -0.2) is 30.1 Å². The number of hydrazone groups is 1. The molecule has 0 saturated carbocycles. The highest BCUT2D eigenvalue weighted by molar-refractivity contribution is 5.85. The van der Waals surface area contributed by atoms with Crippen LogP contribution >= 0.6 is 0 Å². The molecule has 1 heterocycles. The normalized spacial score (nSPS) is 16.7. The van der Waals surface area contributed by atoms with Crippen LogP contribution in [0.2, 0.25) is 0 Å². The van der Waals surface area contributed by atoms with Gasteiger partial charge in [0, 0.05) is 0 Å². The zero-order chi connectivity index (χ0) is 17.5. The van der Waals surface area contributed by atoms with Gasteiger partial charge in [0.05, 0.1) is 6.21 Å². The van der Waals surface area contributed by atoms with E-state index in [1.165, 1.54) is 24.8 Å². The van der Waals surface area contributed by atoms with E-state index in [1.54, 1.807) is 12.1 Å². The van der Waals surface area contributed by atoms with Crippen molar-refractivity contribution in [2.45, 2.75) is 25.3 Å². The van der Waals surface area contributed by atoms with Crippen molar-refractivity contribution in [3.8, 4) is 0 Å². The molecule has 5 heteroatoms. The molecule has 1 N–H and O–H groups in total. The fraction of sp³-hybridized carbons (Fsp3) is 0.300. The van der Waals surface area contributed by atoms with Crippen molar-refractivity contribution in [3.63, 3.8) is 0 Å². The Morgan fingerprint density at radius 3 is 2.40 bits per heavy atom. The van der Waals surface area contributed by atoms with E-state index in [4.69, 9.17) is 0 Å². The Morgan fingerprint density at radius 2 is 1.72 bits per heavy atom. The van der Waals surface area contributed by atoms with Crippen molar-refractivity contribution in [2.75, 3.05) is 13.1 Å². The minimum Gasteiger partial charge on any atom is -0.288 e. The van der Waals surface area contributed by atoms with Crippen LogP contribution in [0.1, 0.15) is 36.4 Å². The molecule has 1 amide bonds. The molecule has 1 saturated heterocycles. The first kappa shape index (κ1) is 17.3. The molecule has 0 bridgehead atoms. The summed E-state index contributed by atoms with van der Waals surface area (Å²) < 4.78 is 12.9. The SMILES string of the molecule is O=C(N/N=C\c1ccc(F)cc1)C(c1ccccc1)N1CCCCC1. The van der Waals surface area contributed by atoms with Crippen LogP contribution in [0.15, 0.2) is 59.7 Å². The molecule has 2 aromatic carbocycles. The number of amides is 1. The maximum atomic E-state index is 12.9. The van der Waals surface area contributed by atoms with Crippen LogP contribution < -0.4 is 5.43 Å². The standard InChI is InChI=1S/C20H22FN3O/c21-18-11-9-16(10-12-18)15-22-23-20(25)19(17-7-3-1-4-8-17)24-13-5-2-6-14-24/h1,3-4,7-12,15,19H,2,5-6,13-14H2,(H,23,25)/b22-15-. The van der Waals surface area contributed by atoms with E-state index in [0.29, 0.717) is 0 Å². The van der Waals surface area contributed by atoms with Crippen molar-refractivity contribution in [1.29, 1.82) is 0 Å². The second-order valence-corrected chi connectivity index (χ2v) is 6.20. The third kappa shape index (κ3) is 4.73. The molecule has 1 aliphatic heterocycles. The summed E-state index contributed by atoms with van der Waals surface area (Å²) in [6.45, 7) is 1.82. The van der Waals surface area contributed by atoms with E-state index in [0.717, 1.165) is 37.1 Å². The Labute approximate surface area is 147 Å². The molecule has 0 aromatic heterocycles.